The normalized spacial score (nSPS) is 11.2. The van der Waals surface area contributed by atoms with Crippen LogP contribution < -0.4 is 0 Å². The van der Waals surface area contributed by atoms with Crippen molar-refractivity contribution in [3.8, 4) is 0 Å². The van der Waals surface area contributed by atoms with Crippen molar-refractivity contribution in [3.63, 3.8) is 0 Å². The van der Waals surface area contributed by atoms with Crippen molar-refractivity contribution in [1.82, 2.24) is 4.98 Å². The van der Waals surface area contributed by atoms with Crippen LogP contribution in [0, 0.1) is 0 Å². The van der Waals surface area contributed by atoms with Gasteiger partial charge in [-0.15, -0.1) is 0 Å². The zero-order valence-electron chi connectivity index (χ0n) is 14.7. The Morgan fingerprint density at radius 2 is 1.54 bits per heavy atom. The molecule has 2 aromatic rings. The Balaban J connectivity index is 2.12. The van der Waals surface area contributed by atoms with E-state index in [2.05, 4.69) is 35.3 Å². The van der Waals surface area contributed by atoms with Gasteiger partial charge in [-0.05, 0) is 60.6 Å². The largest absolute Gasteiger partial charge is 0.385 e. The molecule has 2 rings (SSSR count). The molecule has 0 aliphatic carbocycles. The minimum atomic E-state index is 0.799. The summed E-state index contributed by atoms with van der Waals surface area (Å²) in [5.74, 6) is 0. The van der Waals surface area contributed by atoms with Gasteiger partial charge in [0.05, 0.1) is 5.69 Å². The maximum absolute atomic E-state index is 5.17. The zero-order chi connectivity index (χ0) is 17.0. The Kier molecular flexibility index (Phi) is 8.22. The molecule has 128 valence electrons. The van der Waals surface area contributed by atoms with E-state index in [4.69, 9.17) is 9.47 Å². The maximum atomic E-state index is 5.17. The van der Waals surface area contributed by atoms with E-state index in [1.165, 1.54) is 16.7 Å². The van der Waals surface area contributed by atoms with Crippen molar-refractivity contribution in [2.45, 2.75) is 25.7 Å². The van der Waals surface area contributed by atoms with E-state index in [0.29, 0.717) is 0 Å². The van der Waals surface area contributed by atoms with Crippen LogP contribution in [-0.2, 0) is 22.3 Å². The van der Waals surface area contributed by atoms with E-state index in [-0.39, 0.29) is 0 Å². The number of ether oxygens (including phenoxy) is 2. The smallest absolute Gasteiger partial charge is 0.0629 e. The van der Waals surface area contributed by atoms with Crippen LogP contribution >= 0.6 is 0 Å². The number of aryl methyl sites for hydroxylation is 2. The molecule has 0 saturated heterocycles. The highest BCUT2D eigenvalue weighted by Gasteiger charge is 2.01. The second-order valence-corrected chi connectivity index (χ2v) is 5.86. The maximum Gasteiger partial charge on any atom is 0.0629 e. The molecule has 0 saturated carbocycles. The van der Waals surface area contributed by atoms with Crippen LogP contribution in [0.3, 0.4) is 0 Å². The Labute approximate surface area is 145 Å². The molecule has 24 heavy (non-hydrogen) atoms. The average molecular weight is 325 g/mol. The molecule has 0 aliphatic heterocycles. The van der Waals surface area contributed by atoms with Crippen LogP contribution in [0.1, 0.15) is 35.2 Å². The average Bonchev–Trinajstić information content (AvgIpc) is 2.61. The highest BCUT2D eigenvalue weighted by Crippen LogP contribution is 2.16. The molecule has 1 heterocycles. The van der Waals surface area contributed by atoms with Gasteiger partial charge in [0.1, 0.15) is 0 Å². The Hall–Kier alpha value is -1.97. The Morgan fingerprint density at radius 3 is 2.08 bits per heavy atom. The third-order valence-corrected chi connectivity index (χ3v) is 3.84. The van der Waals surface area contributed by atoms with Gasteiger partial charge in [-0.2, -0.15) is 0 Å². The van der Waals surface area contributed by atoms with Crippen LogP contribution in [-0.4, -0.2) is 32.4 Å². The molecule has 0 N–H and O–H groups in total. The highest BCUT2D eigenvalue weighted by molar-refractivity contribution is 5.68. The molecular formula is C21H27NO2. The molecule has 0 radical (unpaired) electrons. The van der Waals surface area contributed by atoms with Crippen LogP contribution in [0.15, 0.2) is 42.6 Å². The Bertz CT molecular complexity index is 595. The number of aromatic nitrogens is 1. The first-order chi connectivity index (χ1) is 11.8. The van der Waals surface area contributed by atoms with Gasteiger partial charge in [-0.3, -0.25) is 4.98 Å². The first-order valence-electron chi connectivity index (χ1n) is 8.51. The van der Waals surface area contributed by atoms with Crippen molar-refractivity contribution in [1.29, 1.82) is 0 Å². The fraction of sp³-hybridized carbons (Fsp3) is 0.381. The summed E-state index contributed by atoms with van der Waals surface area (Å²) in [5.41, 5.74) is 4.93. The lowest BCUT2D eigenvalue weighted by Crippen LogP contribution is -1.97. The van der Waals surface area contributed by atoms with Crippen molar-refractivity contribution >= 4 is 12.2 Å². The van der Waals surface area contributed by atoms with Crippen LogP contribution in [0.5, 0.6) is 0 Å². The number of rotatable bonds is 10. The molecule has 0 fully saturated rings. The summed E-state index contributed by atoms with van der Waals surface area (Å²) in [4.78, 5) is 4.34. The van der Waals surface area contributed by atoms with Gasteiger partial charge in [0.25, 0.3) is 0 Å². The molecule has 3 heteroatoms. The third-order valence-electron chi connectivity index (χ3n) is 3.84. The van der Waals surface area contributed by atoms with E-state index < -0.39 is 0 Å². The van der Waals surface area contributed by atoms with Gasteiger partial charge in [0.15, 0.2) is 0 Å². The number of hydrogen-bond donors (Lipinski definition) is 0. The quantitative estimate of drug-likeness (QED) is 0.606. The highest BCUT2D eigenvalue weighted by atomic mass is 16.5. The number of methoxy groups -OCH3 is 2. The van der Waals surface area contributed by atoms with Crippen LogP contribution in [0.25, 0.3) is 12.2 Å². The van der Waals surface area contributed by atoms with Crippen molar-refractivity contribution in [2.24, 2.45) is 0 Å². The van der Waals surface area contributed by atoms with Gasteiger partial charge in [0, 0.05) is 33.6 Å². The number of hydrogen-bond acceptors (Lipinski definition) is 3. The fourth-order valence-electron chi connectivity index (χ4n) is 2.67. The van der Waals surface area contributed by atoms with Gasteiger partial charge in [-0.25, -0.2) is 0 Å². The minimum Gasteiger partial charge on any atom is -0.385 e. The summed E-state index contributed by atoms with van der Waals surface area (Å²) < 4.78 is 10.3. The topological polar surface area (TPSA) is 31.4 Å². The first-order valence-corrected chi connectivity index (χ1v) is 8.51. The van der Waals surface area contributed by atoms with E-state index >= 15 is 0 Å². The molecule has 0 amide bonds. The van der Waals surface area contributed by atoms with E-state index in [0.717, 1.165) is 44.6 Å². The van der Waals surface area contributed by atoms with Gasteiger partial charge in [0.2, 0.25) is 0 Å². The lowest BCUT2D eigenvalue weighted by molar-refractivity contribution is 0.195. The predicted octanol–water partition coefficient (Wildman–Crippen LogP) is 4.41. The van der Waals surface area contributed by atoms with Gasteiger partial charge in [-0.1, -0.05) is 30.3 Å². The summed E-state index contributed by atoms with van der Waals surface area (Å²) in [6.45, 7) is 1.60. The van der Waals surface area contributed by atoms with Crippen molar-refractivity contribution in [3.05, 3.63) is 65.0 Å². The second kappa shape index (κ2) is 10.7. The number of benzene rings is 1. The molecule has 0 spiro atoms. The predicted molar refractivity (Wildman–Crippen MR) is 100 cm³/mol. The first kappa shape index (κ1) is 18.4. The zero-order valence-corrected chi connectivity index (χ0v) is 14.7. The van der Waals surface area contributed by atoms with Crippen LogP contribution in [0.2, 0.25) is 0 Å². The SMILES string of the molecule is COCCCc1cc(C=Cc2ccccn2)cc(CCCOC)c1. The fourth-order valence-corrected chi connectivity index (χ4v) is 2.67. The summed E-state index contributed by atoms with van der Waals surface area (Å²) >= 11 is 0. The Morgan fingerprint density at radius 1 is 0.875 bits per heavy atom. The summed E-state index contributed by atoms with van der Waals surface area (Å²) in [6, 6.07) is 12.8. The van der Waals surface area contributed by atoms with Crippen molar-refractivity contribution in [2.75, 3.05) is 27.4 Å². The molecule has 1 aromatic carbocycles. The van der Waals surface area contributed by atoms with Crippen molar-refractivity contribution < 1.29 is 9.47 Å². The lowest BCUT2D eigenvalue weighted by atomic mass is 9.99. The summed E-state index contributed by atoms with van der Waals surface area (Å²) in [5, 5.41) is 0. The lowest BCUT2D eigenvalue weighted by Gasteiger charge is -2.08. The molecule has 0 unspecified atom stereocenters. The molecular weight excluding hydrogens is 298 g/mol. The monoisotopic (exact) mass is 325 g/mol. The molecule has 0 bridgehead atoms. The van der Waals surface area contributed by atoms with E-state index in [9.17, 15) is 0 Å². The number of pyridine rings is 1. The van der Waals surface area contributed by atoms with Crippen LogP contribution in [0.4, 0.5) is 0 Å². The third kappa shape index (κ3) is 6.65. The van der Waals surface area contributed by atoms with E-state index in [1.54, 1.807) is 14.2 Å². The number of nitrogens with zero attached hydrogens (tertiary/aromatic N) is 1. The van der Waals surface area contributed by atoms with E-state index in [1.807, 2.05) is 24.4 Å². The molecule has 0 aliphatic rings. The molecule has 1 aromatic heterocycles. The minimum absolute atomic E-state index is 0.799. The molecule has 0 atom stereocenters. The van der Waals surface area contributed by atoms with Gasteiger partial charge < -0.3 is 9.47 Å². The summed E-state index contributed by atoms with van der Waals surface area (Å²) in [7, 11) is 3.50. The van der Waals surface area contributed by atoms with Gasteiger partial charge >= 0.3 is 0 Å². The second-order valence-electron chi connectivity index (χ2n) is 5.86. The summed E-state index contributed by atoms with van der Waals surface area (Å²) in [6.07, 6.45) is 10.2. The standard InChI is InChI=1S/C21H27NO2/c1-23-13-5-7-18-15-19(8-6-14-24-2)17-20(16-18)10-11-21-9-3-4-12-22-21/h3-4,9-12,15-17H,5-8,13-14H2,1-2H3. The molecule has 3 nitrogen and oxygen atoms in total.